The molecule has 3 nitrogen and oxygen atoms in total. The van der Waals surface area contributed by atoms with Crippen LogP contribution < -0.4 is 0 Å². The largest absolute Gasteiger partial charge is 0.243 e. The van der Waals surface area contributed by atoms with Gasteiger partial charge in [-0.1, -0.05) is 70.0 Å². The lowest BCUT2D eigenvalue weighted by atomic mass is 9.47. The molecule has 1 saturated heterocycles. The number of hydrogen-bond acceptors (Lipinski definition) is 2. The predicted molar refractivity (Wildman–Crippen MR) is 126 cm³/mol. The average Bonchev–Trinajstić information content (AvgIpc) is 2.83. The smallest absolute Gasteiger partial charge is 0.207 e. The van der Waals surface area contributed by atoms with Crippen molar-refractivity contribution in [3.05, 3.63) is 64.7 Å². The molecule has 166 valence electrons. The van der Waals surface area contributed by atoms with E-state index < -0.39 is 15.6 Å². The summed E-state index contributed by atoms with van der Waals surface area (Å²) in [6.45, 7) is 11.8. The summed E-state index contributed by atoms with van der Waals surface area (Å²) in [6.07, 6.45) is 5.19. The van der Waals surface area contributed by atoms with Crippen LogP contribution in [0.25, 0.3) is 0 Å². The van der Waals surface area contributed by atoms with Gasteiger partial charge in [0.05, 0.1) is 10.4 Å². The van der Waals surface area contributed by atoms with Crippen molar-refractivity contribution in [1.29, 1.82) is 0 Å². The Morgan fingerprint density at radius 3 is 2.35 bits per heavy atom. The Hall–Kier alpha value is -1.65. The topological polar surface area (TPSA) is 37.4 Å². The molecule has 1 heterocycles. The number of sulfonamides is 1. The highest BCUT2D eigenvalue weighted by atomic mass is 32.2. The van der Waals surface area contributed by atoms with Crippen molar-refractivity contribution in [2.45, 2.75) is 83.1 Å². The molecule has 2 bridgehead atoms. The van der Waals surface area contributed by atoms with Crippen molar-refractivity contribution < 1.29 is 8.42 Å². The number of rotatable bonds is 3. The molecule has 3 aliphatic rings. The van der Waals surface area contributed by atoms with Gasteiger partial charge in [0, 0.05) is 6.54 Å². The first kappa shape index (κ1) is 21.2. The van der Waals surface area contributed by atoms with Crippen LogP contribution in [-0.4, -0.2) is 19.3 Å². The maximum absolute atomic E-state index is 14.1. The lowest BCUT2D eigenvalue weighted by molar-refractivity contribution is -0.0340. The maximum atomic E-state index is 14.1. The van der Waals surface area contributed by atoms with Crippen LogP contribution in [0.15, 0.2) is 47.4 Å². The molecule has 2 fully saturated rings. The van der Waals surface area contributed by atoms with Crippen LogP contribution in [0.3, 0.4) is 0 Å². The standard InChI is InChI=1S/C27H35NO2S/c1-19(2)21-9-12-24-22(17-21)13-16-26(5)25(4)14-6-15-27(24,26)28(18-25)31(29,30)23-10-7-20(3)8-11-23/h7-12,17,19H,6,13-16,18H2,1-5H3/t25-,26+,27+/m0/s1. The Bertz CT molecular complexity index is 1140. The minimum absolute atomic E-state index is 0.00255. The fourth-order valence-electron chi connectivity index (χ4n) is 7.06. The number of hydrogen-bond donors (Lipinski definition) is 0. The van der Waals surface area contributed by atoms with Crippen LogP contribution in [0.2, 0.25) is 0 Å². The second-order valence-electron chi connectivity index (χ2n) is 11.0. The van der Waals surface area contributed by atoms with E-state index in [2.05, 4.69) is 45.9 Å². The van der Waals surface area contributed by atoms with Crippen molar-refractivity contribution in [1.82, 2.24) is 4.31 Å². The highest BCUT2D eigenvalue weighted by molar-refractivity contribution is 7.89. The number of nitrogens with zero attached hydrogens (tertiary/aromatic N) is 1. The van der Waals surface area contributed by atoms with Crippen LogP contribution >= 0.6 is 0 Å². The van der Waals surface area contributed by atoms with E-state index in [4.69, 9.17) is 0 Å². The summed E-state index contributed by atoms with van der Waals surface area (Å²) in [6, 6.07) is 14.3. The molecule has 1 aliphatic heterocycles. The Balaban J connectivity index is 1.75. The van der Waals surface area contributed by atoms with Crippen molar-refractivity contribution in [3.63, 3.8) is 0 Å². The zero-order valence-electron chi connectivity index (χ0n) is 19.5. The predicted octanol–water partition coefficient (Wildman–Crippen LogP) is 6.16. The monoisotopic (exact) mass is 437 g/mol. The minimum atomic E-state index is -3.60. The van der Waals surface area contributed by atoms with Crippen LogP contribution in [0, 0.1) is 17.8 Å². The van der Waals surface area contributed by atoms with E-state index in [1.165, 1.54) is 16.7 Å². The molecule has 5 rings (SSSR count). The van der Waals surface area contributed by atoms with Crippen LogP contribution in [-0.2, 0) is 22.0 Å². The lowest BCUT2D eigenvalue weighted by Gasteiger charge is -2.58. The molecule has 0 N–H and O–H groups in total. The zero-order chi connectivity index (χ0) is 22.2. The first-order chi connectivity index (χ1) is 14.6. The minimum Gasteiger partial charge on any atom is -0.207 e. The summed E-state index contributed by atoms with van der Waals surface area (Å²) in [7, 11) is -3.60. The normalized spacial score (nSPS) is 32.7. The summed E-state index contributed by atoms with van der Waals surface area (Å²) in [5.74, 6) is 0.476. The van der Waals surface area contributed by atoms with Gasteiger partial charge in [0.15, 0.2) is 0 Å². The van der Waals surface area contributed by atoms with Gasteiger partial charge in [-0.3, -0.25) is 0 Å². The first-order valence-electron chi connectivity index (χ1n) is 11.8. The maximum Gasteiger partial charge on any atom is 0.243 e. The summed E-state index contributed by atoms with van der Waals surface area (Å²) in [5, 5.41) is 0. The number of benzene rings is 2. The van der Waals surface area contributed by atoms with Crippen LogP contribution in [0.1, 0.15) is 81.5 Å². The molecule has 1 saturated carbocycles. The summed E-state index contributed by atoms with van der Waals surface area (Å²) >= 11 is 0. The Labute approximate surface area is 187 Å². The molecule has 2 aromatic carbocycles. The van der Waals surface area contributed by atoms with E-state index >= 15 is 0 Å². The van der Waals surface area contributed by atoms with Crippen molar-refractivity contribution in [2.75, 3.05) is 6.54 Å². The lowest BCUT2D eigenvalue weighted by Crippen LogP contribution is -2.58. The van der Waals surface area contributed by atoms with Gasteiger partial charge in [0.2, 0.25) is 10.0 Å². The van der Waals surface area contributed by atoms with Crippen LogP contribution in [0.5, 0.6) is 0 Å². The third-order valence-corrected chi connectivity index (χ3v) is 11.1. The van der Waals surface area contributed by atoms with E-state index in [1.54, 1.807) is 12.1 Å². The summed E-state index contributed by atoms with van der Waals surface area (Å²) < 4.78 is 30.2. The van der Waals surface area contributed by atoms with Gasteiger partial charge in [-0.2, -0.15) is 4.31 Å². The molecular weight excluding hydrogens is 402 g/mol. The van der Waals surface area contributed by atoms with Gasteiger partial charge >= 0.3 is 0 Å². The Kier molecular flexibility index (Phi) is 4.57. The molecule has 0 amide bonds. The molecule has 3 atom stereocenters. The molecule has 0 radical (unpaired) electrons. The van der Waals surface area contributed by atoms with Gasteiger partial charge in [-0.05, 0) is 78.2 Å². The fourth-order valence-corrected chi connectivity index (χ4v) is 9.05. The second-order valence-corrected chi connectivity index (χ2v) is 12.9. The molecular formula is C27H35NO2S. The van der Waals surface area contributed by atoms with Crippen LogP contribution in [0.4, 0.5) is 0 Å². The highest BCUT2D eigenvalue weighted by Gasteiger charge is 2.72. The molecule has 31 heavy (non-hydrogen) atoms. The van der Waals surface area contributed by atoms with Crippen molar-refractivity contribution in [2.24, 2.45) is 10.8 Å². The zero-order valence-corrected chi connectivity index (χ0v) is 20.3. The quantitative estimate of drug-likeness (QED) is 0.576. The van der Waals surface area contributed by atoms with Gasteiger partial charge in [-0.25, -0.2) is 8.42 Å². The van der Waals surface area contributed by atoms with Gasteiger partial charge in [0.25, 0.3) is 0 Å². The van der Waals surface area contributed by atoms with Gasteiger partial charge in [-0.15, -0.1) is 0 Å². The third kappa shape index (κ3) is 2.64. The highest BCUT2D eigenvalue weighted by Crippen LogP contribution is 2.72. The molecule has 0 aromatic heterocycles. The summed E-state index contributed by atoms with van der Waals surface area (Å²) in [4.78, 5) is 0.428. The number of fused-ring (bicyclic) bond motifs is 1. The van der Waals surface area contributed by atoms with Crippen molar-refractivity contribution in [3.8, 4) is 0 Å². The third-order valence-electron chi connectivity index (χ3n) is 9.18. The SMILES string of the molecule is Cc1ccc(S(=O)(=O)N2C[C@]3(C)CCC[C@]24c2ccc(C(C)C)cc2CC[C@]34C)cc1. The van der Waals surface area contributed by atoms with E-state index in [0.29, 0.717) is 17.4 Å². The molecule has 2 aromatic rings. The van der Waals surface area contributed by atoms with E-state index in [1.807, 2.05) is 23.4 Å². The Morgan fingerprint density at radius 2 is 1.68 bits per heavy atom. The average molecular weight is 438 g/mol. The van der Waals surface area contributed by atoms with Crippen molar-refractivity contribution >= 4 is 10.0 Å². The number of aryl methyl sites for hydroxylation is 2. The summed E-state index contributed by atoms with van der Waals surface area (Å²) in [5.41, 5.74) is 4.55. The van der Waals surface area contributed by atoms with Gasteiger partial charge < -0.3 is 0 Å². The van der Waals surface area contributed by atoms with E-state index in [0.717, 1.165) is 37.7 Å². The molecule has 0 spiro atoms. The molecule has 0 unspecified atom stereocenters. The van der Waals surface area contributed by atoms with E-state index in [-0.39, 0.29) is 10.8 Å². The van der Waals surface area contributed by atoms with Gasteiger partial charge in [0.1, 0.15) is 0 Å². The molecule has 2 aliphatic carbocycles. The second kappa shape index (κ2) is 6.68. The Morgan fingerprint density at radius 1 is 0.968 bits per heavy atom. The first-order valence-corrected chi connectivity index (χ1v) is 13.2. The van der Waals surface area contributed by atoms with E-state index in [9.17, 15) is 8.42 Å². The molecule has 4 heteroatoms. The fraction of sp³-hybridized carbons (Fsp3) is 0.556.